The molecule has 4 aromatic carbocycles. The number of nitrogens with zero attached hydrogens (tertiary/aromatic N) is 1. The molecule has 0 unspecified atom stereocenters. The third-order valence-corrected chi connectivity index (χ3v) is 7.66. The third-order valence-electron chi connectivity index (χ3n) is 7.66. The Hall–Kier alpha value is -5.10. The van der Waals surface area contributed by atoms with Gasteiger partial charge in [-0.05, 0) is 77.1 Å². The summed E-state index contributed by atoms with van der Waals surface area (Å²) in [5.74, 6) is -0.758. The number of fused-ring (bicyclic) bond motifs is 5. The minimum Gasteiger partial charge on any atom is -0.457 e. The summed E-state index contributed by atoms with van der Waals surface area (Å²) in [6, 6.07) is 26.8. The maximum atomic E-state index is 13.9. The molecule has 6 heteroatoms. The number of pyridine rings is 1. The molecule has 0 radical (unpaired) electrons. The standard InChI is InChI=1S/C35H24FNO4/c36-25-15-12-21(13-16-25)18-23-7-5-10-28-33(27-9-3-4-11-29(27)37-34(23)28)35(39)40-20-24-19-31(38)41-30-17-14-22-6-1-2-8-26(22)32(24)30/h1-4,6,8-9,11-19H,5,7,10,20H2/b23-18+. The zero-order chi connectivity index (χ0) is 27.9. The van der Waals surface area contributed by atoms with Gasteiger partial charge in [0, 0.05) is 22.4 Å². The van der Waals surface area contributed by atoms with E-state index in [1.807, 2.05) is 60.7 Å². The minimum atomic E-state index is -0.499. The molecule has 0 aliphatic heterocycles. The van der Waals surface area contributed by atoms with E-state index >= 15 is 0 Å². The zero-order valence-electron chi connectivity index (χ0n) is 22.0. The predicted molar refractivity (Wildman–Crippen MR) is 158 cm³/mol. The lowest BCUT2D eigenvalue weighted by Crippen LogP contribution is -2.16. The average molecular weight is 542 g/mol. The first kappa shape index (κ1) is 24.9. The normalized spacial score (nSPS) is 14.0. The highest BCUT2D eigenvalue weighted by atomic mass is 19.1. The van der Waals surface area contributed by atoms with Gasteiger partial charge < -0.3 is 9.15 Å². The van der Waals surface area contributed by atoms with Crippen LogP contribution in [0.25, 0.3) is 44.3 Å². The molecule has 1 aliphatic carbocycles. The number of esters is 1. The van der Waals surface area contributed by atoms with Gasteiger partial charge in [0.05, 0.1) is 16.8 Å². The molecule has 1 aliphatic rings. The van der Waals surface area contributed by atoms with E-state index in [0.717, 1.165) is 56.8 Å². The number of hydrogen-bond acceptors (Lipinski definition) is 5. The summed E-state index contributed by atoms with van der Waals surface area (Å²) in [6.07, 6.45) is 4.33. The van der Waals surface area contributed by atoms with Crippen LogP contribution in [0.4, 0.5) is 4.39 Å². The van der Waals surface area contributed by atoms with Gasteiger partial charge in [-0.1, -0.05) is 60.7 Å². The Balaban J connectivity index is 1.31. The monoisotopic (exact) mass is 541 g/mol. The van der Waals surface area contributed by atoms with Crippen LogP contribution in [0.1, 0.15) is 45.6 Å². The van der Waals surface area contributed by atoms with Gasteiger partial charge in [0.1, 0.15) is 18.0 Å². The molecule has 0 amide bonds. The number of benzene rings is 4. The number of para-hydroxylation sites is 1. The Bertz CT molecular complexity index is 2080. The van der Waals surface area contributed by atoms with Gasteiger partial charge in [-0.15, -0.1) is 0 Å². The highest BCUT2D eigenvalue weighted by Gasteiger charge is 2.26. The second-order valence-corrected chi connectivity index (χ2v) is 10.2. The fourth-order valence-electron chi connectivity index (χ4n) is 5.82. The number of aromatic nitrogens is 1. The lowest BCUT2D eigenvalue weighted by atomic mass is 9.86. The van der Waals surface area contributed by atoms with Crippen molar-refractivity contribution < 1.29 is 18.3 Å². The first-order valence-electron chi connectivity index (χ1n) is 13.5. The Morgan fingerprint density at radius 3 is 2.56 bits per heavy atom. The summed E-state index contributed by atoms with van der Waals surface area (Å²) in [5.41, 5.74) is 5.20. The molecule has 0 saturated heterocycles. The van der Waals surface area contributed by atoms with Gasteiger partial charge >= 0.3 is 11.6 Å². The maximum Gasteiger partial charge on any atom is 0.339 e. The minimum absolute atomic E-state index is 0.0847. The van der Waals surface area contributed by atoms with Crippen LogP contribution >= 0.6 is 0 Å². The topological polar surface area (TPSA) is 69.4 Å². The van der Waals surface area contributed by atoms with Crippen LogP contribution in [0.3, 0.4) is 0 Å². The first-order chi connectivity index (χ1) is 20.0. The molecule has 0 saturated carbocycles. The fraction of sp³-hybridized carbons (Fsp3) is 0.114. The van der Waals surface area contributed by atoms with E-state index < -0.39 is 11.6 Å². The summed E-state index contributed by atoms with van der Waals surface area (Å²) < 4.78 is 24.9. The van der Waals surface area contributed by atoms with Crippen LogP contribution in [0.5, 0.6) is 0 Å². The van der Waals surface area contributed by atoms with Gasteiger partial charge in [-0.2, -0.15) is 0 Å². The molecule has 7 rings (SSSR count). The number of ether oxygens (including phenoxy) is 1. The van der Waals surface area contributed by atoms with Crippen molar-refractivity contribution in [2.45, 2.75) is 25.9 Å². The van der Waals surface area contributed by atoms with E-state index in [0.29, 0.717) is 28.6 Å². The first-order valence-corrected chi connectivity index (χ1v) is 13.5. The predicted octanol–water partition coefficient (Wildman–Crippen LogP) is 7.87. The van der Waals surface area contributed by atoms with Crippen molar-refractivity contribution in [1.29, 1.82) is 0 Å². The van der Waals surface area contributed by atoms with Crippen molar-refractivity contribution in [3.63, 3.8) is 0 Å². The van der Waals surface area contributed by atoms with Crippen molar-refractivity contribution in [1.82, 2.24) is 4.98 Å². The number of hydrogen-bond donors (Lipinski definition) is 0. The van der Waals surface area contributed by atoms with Crippen molar-refractivity contribution in [3.8, 4) is 0 Å². The van der Waals surface area contributed by atoms with Gasteiger partial charge in [0.25, 0.3) is 0 Å². The zero-order valence-corrected chi connectivity index (χ0v) is 22.0. The summed E-state index contributed by atoms with van der Waals surface area (Å²) in [5, 5.41) is 3.39. The highest BCUT2D eigenvalue weighted by molar-refractivity contribution is 6.08. The quantitative estimate of drug-likeness (QED) is 0.129. The van der Waals surface area contributed by atoms with Crippen molar-refractivity contribution in [2.75, 3.05) is 0 Å². The average Bonchev–Trinajstić information content (AvgIpc) is 2.99. The van der Waals surface area contributed by atoms with E-state index in [-0.39, 0.29) is 12.4 Å². The highest BCUT2D eigenvalue weighted by Crippen LogP contribution is 2.37. The molecule has 0 fully saturated rings. The molecule has 2 aromatic heterocycles. The number of carbonyl (C=O) groups excluding carboxylic acids is 1. The van der Waals surface area contributed by atoms with Crippen LogP contribution < -0.4 is 5.63 Å². The molecule has 41 heavy (non-hydrogen) atoms. The van der Waals surface area contributed by atoms with Gasteiger partial charge in [-0.25, -0.2) is 19.0 Å². The maximum absolute atomic E-state index is 13.9. The van der Waals surface area contributed by atoms with E-state index in [4.69, 9.17) is 14.1 Å². The van der Waals surface area contributed by atoms with E-state index in [9.17, 15) is 14.0 Å². The van der Waals surface area contributed by atoms with Gasteiger partial charge in [-0.3, -0.25) is 0 Å². The lowest BCUT2D eigenvalue weighted by Gasteiger charge is -2.22. The second-order valence-electron chi connectivity index (χ2n) is 10.2. The summed E-state index contributed by atoms with van der Waals surface area (Å²) in [7, 11) is 0. The van der Waals surface area contributed by atoms with Crippen LogP contribution in [-0.2, 0) is 17.8 Å². The number of allylic oxidation sites excluding steroid dienone is 1. The number of halogens is 1. The number of rotatable bonds is 4. The molecular formula is C35H24FNO4. The largest absolute Gasteiger partial charge is 0.457 e. The Labute approximate surface area is 234 Å². The molecule has 0 N–H and O–H groups in total. The Morgan fingerprint density at radius 2 is 1.71 bits per heavy atom. The van der Waals surface area contributed by atoms with Gasteiger partial charge in [0.2, 0.25) is 0 Å². The summed E-state index contributed by atoms with van der Waals surface area (Å²) in [6.45, 7) is -0.0847. The van der Waals surface area contributed by atoms with Crippen LogP contribution in [0.2, 0.25) is 0 Å². The summed E-state index contributed by atoms with van der Waals surface area (Å²) >= 11 is 0. The van der Waals surface area contributed by atoms with E-state index in [2.05, 4.69) is 0 Å². The second kappa shape index (κ2) is 10.1. The Kier molecular flexibility index (Phi) is 6.16. The molecular weight excluding hydrogens is 517 g/mol. The molecule has 0 atom stereocenters. The van der Waals surface area contributed by atoms with Crippen LogP contribution in [-0.4, -0.2) is 11.0 Å². The lowest BCUT2D eigenvalue weighted by molar-refractivity contribution is 0.0474. The van der Waals surface area contributed by atoms with Crippen LogP contribution in [0.15, 0.2) is 100 Å². The van der Waals surface area contributed by atoms with E-state index in [1.165, 1.54) is 18.2 Å². The molecule has 2 heterocycles. The number of carbonyl (C=O) groups is 1. The molecule has 0 spiro atoms. The van der Waals surface area contributed by atoms with Crippen molar-refractivity contribution in [3.05, 3.63) is 135 Å². The van der Waals surface area contributed by atoms with E-state index in [1.54, 1.807) is 18.2 Å². The SMILES string of the molecule is O=C(OCc1cc(=O)oc2ccc3ccccc3c12)c1c2c(nc3ccccc13)/C(=C/c1ccc(F)cc1)CCC2. The molecule has 6 aromatic rings. The van der Waals surface area contributed by atoms with Crippen molar-refractivity contribution in [2.24, 2.45) is 0 Å². The third kappa shape index (κ3) is 4.57. The van der Waals surface area contributed by atoms with Crippen LogP contribution in [0, 0.1) is 5.82 Å². The fourth-order valence-corrected chi connectivity index (χ4v) is 5.82. The summed E-state index contributed by atoms with van der Waals surface area (Å²) in [4.78, 5) is 31.2. The smallest absolute Gasteiger partial charge is 0.339 e. The molecule has 0 bridgehead atoms. The van der Waals surface area contributed by atoms with Gasteiger partial charge in [0.15, 0.2) is 0 Å². The molecule has 5 nitrogen and oxygen atoms in total. The van der Waals surface area contributed by atoms with Crippen molar-refractivity contribution >= 4 is 50.3 Å². The Morgan fingerprint density at radius 1 is 0.927 bits per heavy atom. The molecule has 200 valence electrons.